The molecule has 1 spiro atoms. The van der Waals surface area contributed by atoms with E-state index in [-0.39, 0.29) is 64.7 Å². The predicted octanol–water partition coefficient (Wildman–Crippen LogP) is 6.79. The Bertz CT molecular complexity index is 2630. The SMILES string of the molecule is [C-]#[N+]c1ccc(O[C@@H]2C(C)[C@@H](N3Cc4nc(C#CC5CCC(N6CC7(CCN(c8cc9c(cc8F)C(=O)N(C8CCC(=O)NC8=O)C9=O)CC7)C6)CC5)ccc4C3=O)C2(C)C)cc1Cl. The number of imide groups is 2. The first-order valence-electron chi connectivity index (χ1n) is 22.3. The fourth-order valence-corrected chi connectivity index (χ4v) is 12.1. The van der Waals surface area contributed by atoms with Gasteiger partial charge in [0.15, 0.2) is 0 Å². The van der Waals surface area contributed by atoms with Crippen molar-refractivity contribution in [3.63, 3.8) is 0 Å². The van der Waals surface area contributed by atoms with Crippen LogP contribution in [0, 0.1) is 46.9 Å². The zero-order valence-corrected chi connectivity index (χ0v) is 36.8. The number of nitrogens with zero attached hydrogens (tertiary/aromatic N) is 6. The summed E-state index contributed by atoms with van der Waals surface area (Å²) in [6, 6.07) is 10.8. The van der Waals surface area contributed by atoms with Crippen LogP contribution in [0.5, 0.6) is 5.75 Å². The van der Waals surface area contributed by atoms with E-state index in [0.717, 1.165) is 68.3 Å². The van der Waals surface area contributed by atoms with Crippen LogP contribution in [0.1, 0.15) is 115 Å². The van der Waals surface area contributed by atoms with Gasteiger partial charge in [-0.25, -0.2) is 14.2 Å². The van der Waals surface area contributed by atoms with Gasteiger partial charge in [-0.15, -0.1) is 0 Å². The van der Waals surface area contributed by atoms with Crippen LogP contribution in [0.4, 0.5) is 15.8 Å². The maximum Gasteiger partial charge on any atom is 0.262 e. The molecule has 7 aliphatic rings. The Labute approximate surface area is 376 Å². The number of amides is 5. The van der Waals surface area contributed by atoms with Crippen LogP contribution in [0.2, 0.25) is 5.02 Å². The monoisotopic (exact) mass is 885 g/mol. The normalized spacial score (nSPS) is 28.1. The minimum Gasteiger partial charge on any atom is -0.489 e. The molecule has 2 saturated carbocycles. The van der Waals surface area contributed by atoms with Gasteiger partial charge in [-0.05, 0) is 92.7 Å². The topological polar surface area (TPSA) is 137 Å². The molecule has 0 radical (unpaired) electrons. The van der Waals surface area contributed by atoms with Crippen LogP contribution in [0.15, 0.2) is 42.5 Å². The van der Waals surface area contributed by atoms with Crippen molar-refractivity contribution >= 4 is 52.5 Å². The highest BCUT2D eigenvalue weighted by atomic mass is 35.5. The van der Waals surface area contributed by atoms with Gasteiger partial charge in [0, 0.05) is 61.9 Å². The van der Waals surface area contributed by atoms with E-state index in [2.05, 4.69) is 47.7 Å². The van der Waals surface area contributed by atoms with Gasteiger partial charge in [0.1, 0.15) is 29.4 Å². The number of piperidine rings is 2. The van der Waals surface area contributed by atoms with Gasteiger partial charge in [-0.2, -0.15) is 0 Å². The quantitative estimate of drug-likeness (QED) is 0.161. The molecular formula is C49H49ClFN7O6. The number of pyridine rings is 1. The minimum absolute atomic E-state index is 0.0162. The fraction of sp³-hybridized carbons (Fsp3) is 0.490. The summed E-state index contributed by atoms with van der Waals surface area (Å²) in [5.74, 6) is 4.72. The minimum atomic E-state index is -1.09. The van der Waals surface area contributed by atoms with E-state index in [1.165, 1.54) is 6.07 Å². The summed E-state index contributed by atoms with van der Waals surface area (Å²) in [7, 11) is 0. The first-order valence-corrected chi connectivity index (χ1v) is 22.7. The third-order valence-electron chi connectivity index (χ3n) is 15.3. The molecule has 330 valence electrons. The number of nitrogens with one attached hydrogen (secondary N) is 1. The molecule has 3 aromatic rings. The van der Waals surface area contributed by atoms with Crippen molar-refractivity contribution in [1.29, 1.82) is 0 Å². The maximum absolute atomic E-state index is 15.6. The lowest BCUT2D eigenvalue weighted by Crippen LogP contribution is -2.69. The summed E-state index contributed by atoms with van der Waals surface area (Å²) >= 11 is 6.27. The summed E-state index contributed by atoms with van der Waals surface area (Å²) in [5, 5.41) is 2.55. The Kier molecular flexibility index (Phi) is 10.3. The molecule has 5 amide bonds. The van der Waals surface area contributed by atoms with Gasteiger partial charge < -0.3 is 14.5 Å². The highest BCUT2D eigenvalue weighted by Crippen LogP contribution is 2.52. The highest BCUT2D eigenvalue weighted by molar-refractivity contribution is 6.33. The van der Waals surface area contributed by atoms with Crippen molar-refractivity contribution in [2.75, 3.05) is 31.1 Å². The standard InChI is InChI=1S/C49H49ClFN7O6/c1-27-42(48(2,3)43(27)64-31-12-14-37(52-4)35(50)21-31)57-24-38-32(45(57)61)13-9-29(53-38)8-5-28-6-10-30(11-7-28)56-25-49(26-56)17-19-55(20-18-49)40-23-34-33(22-36(40)51)46(62)58(47(34)63)39-15-16-41(59)54-44(39)60/h9,12-14,21-23,27-28,30,39,42-43H,6-7,10-11,15-20,24-26H2,1-3H3,(H,54,59,60)/t27?,28?,30?,39?,42-,43-/m1/s1. The maximum atomic E-state index is 15.6. The van der Waals surface area contributed by atoms with Crippen LogP contribution in [-0.2, 0) is 16.1 Å². The summed E-state index contributed by atoms with van der Waals surface area (Å²) in [6.07, 6.45) is 5.90. The molecule has 10 rings (SSSR count). The van der Waals surface area contributed by atoms with Crippen LogP contribution in [-0.4, -0.2) is 99.6 Å². The average Bonchev–Trinajstić information content (AvgIpc) is 3.70. The van der Waals surface area contributed by atoms with E-state index >= 15 is 4.39 Å². The molecule has 13 nitrogen and oxygen atoms in total. The number of carbonyl (C=O) groups excluding carboxylic acids is 5. The molecule has 1 aromatic heterocycles. The Balaban J connectivity index is 0.697. The Morgan fingerprint density at radius 2 is 1.64 bits per heavy atom. The van der Waals surface area contributed by atoms with Gasteiger partial charge in [0.05, 0.1) is 46.2 Å². The summed E-state index contributed by atoms with van der Waals surface area (Å²) in [6.45, 7) is 17.3. The van der Waals surface area contributed by atoms with Gasteiger partial charge in [0.25, 0.3) is 17.7 Å². The van der Waals surface area contributed by atoms with E-state index in [1.54, 1.807) is 18.2 Å². The van der Waals surface area contributed by atoms with Crippen LogP contribution >= 0.6 is 11.6 Å². The number of fused-ring (bicyclic) bond motifs is 2. The third-order valence-corrected chi connectivity index (χ3v) is 15.6. The molecule has 0 bridgehead atoms. The van der Waals surface area contributed by atoms with Crippen molar-refractivity contribution < 1.29 is 33.1 Å². The van der Waals surface area contributed by atoms with E-state index in [4.69, 9.17) is 27.9 Å². The van der Waals surface area contributed by atoms with Crippen LogP contribution in [0.25, 0.3) is 4.85 Å². The number of halogens is 2. The molecule has 2 unspecified atom stereocenters. The van der Waals surface area contributed by atoms with Gasteiger partial charge >= 0.3 is 0 Å². The molecule has 1 N–H and O–H groups in total. The first-order chi connectivity index (χ1) is 30.6. The molecule has 64 heavy (non-hydrogen) atoms. The average molecular weight is 886 g/mol. The molecule has 15 heteroatoms. The number of anilines is 1. The number of hydrogen-bond donors (Lipinski definition) is 1. The van der Waals surface area contributed by atoms with Gasteiger partial charge in [-0.3, -0.25) is 39.1 Å². The molecule has 5 fully saturated rings. The number of hydrogen-bond acceptors (Lipinski definition) is 9. The van der Waals surface area contributed by atoms with E-state index in [1.807, 2.05) is 21.9 Å². The van der Waals surface area contributed by atoms with E-state index in [0.29, 0.717) is 59.1 Å². The number of aromatic nitrogens is 1. The lowest BCUT2D eigenvalue weighted by atomic mass is 9.57. The van der Waals surface area contributed by atoms with Crippen molar-refractivity contribution in [2.45, 2.75) is 103 Å². The highest BCUT2D eigenvalue weighted by Gasteiger charge is 2.60. The number of carbonyl (C=O) groups is 5. The number of benzene rings is 2. The zero-order chi connectivity index (χ0) is 44.8. The third kappa shape index (κ3) is 7.01. The van der Waals surface area contributed by atoms with E-state index in [9.17, 15) is 24.0 Å². The van der Waals surface area contributed by atoms with Crippen molar-refractivity contribution in [2.24, 2.45) is 22.7 Å². The molecular weight excluding hydrogens is 837 g/mol. The number of rotatable bonds is 6. The van der Waals surface area contributed by atoms with Crippen LogP contribution < -0.4 is 15.0 Å². The zero-order valence-electron chi connectivity index (χ0n) is 36.1. The van der Waals surface area contributed by atoms with Crippen LogP contribution in [0.3, 0.4) is 0 Å². The van der Waals surface area contributed by atoms with Crippen molar-refractivity contribution in [1.82, 2.24) is 25.0 Å². The van der Waals surface area contributed by atoms with Crippen molar-refractivity contribution in [3.05, 3.63) is 92.8 Å². The molecule has 2 aromatic carbocycles. The second kappa shape index (κ2) is 15.7. The second-order valence-electron chi connectivity index (χ2n) is 19.5. The molecule has 4 atom stereocenters. The smallest absolute Gasteiger partial charge is 0.262 e. The van der Waals surface area contributed by atoms with E-state index < -0.39 is 35.5 Å². The first kappa shape index (κ1) is 42.1. The molecule has 6 heterocycles. The second-order valence-corrected chi connectivity index (χ2v) is 19.9. The molecule has 2 aliphatic carbocycles. The summed E-state index contributed by atoms with van der Waals surface area (Å²) in [4.78, 5) is 80.0. The summed E-state index contributed by atoms with van der Waals surface area (Å²) in [5.41, 5.74) is 2.63. The number of likely N-dealkylation sites (tertiary alicyclic amines) is 1. The lowest BCUT2D eigenvalue weighted by Gasteiger charge is -2.59. The molecule has 3 saturated heterocycles. The summed E-state index contributed by atoms with van der Waals surface area (Å²) < 4.78 is 21.9. The lowest BCUT2D eigenvalue weighted by molar-refractivity contribution is -0.144. The molecule has 5 aliphatic heterocycles. The largest absolute Gasteiger partial charge is 0.489 e. The Hall–Kier alpha value is -5.83. The predicted molar refractivity (Wildman–Crippen MR) is 234 cm³/mol. The van der Waals surface area contributed by atoms with Gasteiger partial charge in [0.2, 0.25) is 17.5 Å². The van der Waals surface area contributed by atoms with Gasteiger partial charge in [-0.1, -0.05) is 44.4 Å². The Morgan fingerprint density at radius 1 is 0.922 bits per heavy atom. The number of ether oxygens (including phenoxy) is 1. The fourth-order valence-electron chi connectivity index (χ4n) is 11.9. The Morgan fingerprint density at radius 3 is 2.31 bits per heavy atom. The van der Waals surface area contributed by atoms with Crippen molar-refractivity contribution in [3.8, 4) is 17.6 Å².